The molecule has 2 aromatic rings. The van der Waals surface area contributed by atoms with Gasteiger partial charge in [-0.1, -0.05) is 28.1 Å². The standard InChI is InChI=1S/C18H19BrN2O4/c1-9-12(6-16(25-9)18-17(23)15(22)8-24-18)14-7-13(20-21-14)10-2-4-11(19)5-3-10/h2-6,13,15,17-18,20,22-23H,7-8H2,1H3/t13?,15-,17-,18?/m1/s1. The highest BCUT2D eigenvalue weighted by Gasteiger charge is 2.38. The smallest absolute Gasteiger partial charge is 0.144 e. The number of ether oxygens (including phenoxy) is 1. The molecule has 0 bridgehead atoms. The summed E-state index contributed by atoms with van der Waals surface area (Å²) in [6.45, 7) is 1.97. The maximum absolute atomic E-state index is 10.0. The predicted octanol–water partition coefficient (Wildman–Crippen LogP) is 2.58. The lowest BCUT2D eigenvalue weighted by atomic mass is 9.99. The van der Waals surface area contributed by atoms with Crippen molar-refractivity contribution in [2.45, 2.75) is 37.7 Å². The summed E-state index contributed by atoms with van der Waals surface area (Å²) in [5.41, 5.74) is 6.15. The largest absolute Gasteiger partial charge is 0.463 e. The number of hydrogen-bond donors (Lipinski definition) is 3. The van der Waals surface area contributed by atoms with E-state index in [0.717, 1.165) is 27.9 Å². The topological polar surface area (TPSA) is 87.2 Å². The van der Waals surface area contributed by atoms with Crippen molar-refractivity contribution in [1.82, 2.24) is 5.43 Å². The molecule has 0 amide bonds. The first kappa shape index (κ1) is 16.8. The molecule has 1 aromatic heterocycles. The molecular formula is C18H19BrN2O4. The Hall–Kier alpha value is -1.67. The number of nitrogens with zero attached hydrogens (tertiary/aromatic N) is 1. The molecule has 3 N–H and O–H groups in total. The molecule has 0 radical (unpaired) electrons. The molecule has 132 valence electrons. The molecule has 3 heterocycles. The number of aliphatic hydroxyl groups excluding tert-OH is 2. The number of nitrogens with one attached hydrogen (secondary N) is 1. The molecule has 0 saturated carbocycles. The number of furan rings is 1. The summed E-state index contributed by atoms with van der Waals surface area (Å²) in [6, 6.07) is 10.1. The van der Waals surface area contributed by atoms with E-state index in [1.807, 2.05) is 25.1 Å². The van der Waals surface area contributed by atoms with Gasteiger partial charge in [0.05, 0.1) is 18.4 Å². The van der Waals surface area contributed by atoms with E-state index in [2.05, 4.69) is 38.6 Å². The van der Waals surface area contributed by atoms with Crippen molar-refractivity contribution in [2.75, 3.05) is 6.61 Å². The number of hydrogen-bond acceptors (Lipinski definition) is 6. The highest BCUT2D eigenvalue weighted by molar-refractivity contribution is 9.10. The molecule has 2 aliphatic heterocycles. The van der Waals surface area contributed by atoms with Gasteiger partial charge in [-0.25, -0.2) is 0 Å². The van der Waals surface area contributed by atoms with Crippen LogP contribution in [0.4, 0.5) is 0 Å². The van der Waals surface area contributed by atoms with Gasteiger partial charge in [-0.3, -0.25) is 0 Å². The van der Waals surface area contributed by atoms with Crippen molar-refractivity contribution >= 4 is 21.6 Å². The normalized spacial score (nSPS) is 28.9. The fourth-order valence-electron chi connectivity index (χ4n) is 3.28. The molecular weight excluding hydrogens is 388 g/mol. The molecule has 6 nitrogen and oxygen atoms in total. The Bertz CT molecular complexity index is 802. The molecule has 2 aliphatic rings. The van der Waals surface area contributed by atoms with Crippen molar-refractivity contribution in [3.8, 4) is 0 Å². The summed E-state index contributed by atoms with van der Waals surface area (Å²) < 4.78 is 12.3. The van der Waals surface area contributed by atoms with Crippen LogP contribution in [0.15, 0.2) is 44.3 Å². The first-order valence-electron chi connectivity index (χ1n) is 8.19. The van der Waals surface area contributed by atoms with Crippen molar-refractivity contribution in [2.24, 2.45) is 5.10 Å². The van der Waals surface area contributed by atoms with Crippen LogP contribution in [0.25, 0.3) is 0 Å². The Morgan fingerprint density at radius 2 is 2.00 bits per heavy atom. The third-order valence-corrected chi connectivity index (χ3v) is 5.23. The minimum Gasteiger partial charge on any atom is -0.463 e. The summed E-state index contributed by atoms with van der Waals surface area (Å²) in [5.74, 6) is 1.25. The van der Waals surface area contributed by atoms with Crippen molar-refractivity contribution < 1.29 is 19.4 Å². The van der Waals surface area contributed by atoms with E-state index in [4.69, 9.17) is 9.15 Å². The SMILES string of the molecule is Cc1oc(C2OC[C@@H](O)[C@H]2O)cc1C1=NNC(c2ccc(Br)cc2)C1. The second-order valence-electron chi connectivity index (χ2n) is 6.43. The second-order valence-corrected chi connectivity index (χ2v) is 7.34. The lowest BCUT2D eigenvalue weighted by molar-refractivity contribution is 0.0117. The maximum atomic E-state index is 10.0. The summed E-state index contributed by atoms with van der Waals surface area (Å²) >= 11 is 3.44. The fraction of sp³-hybridized carbons (Fsp3) is 0.389. The molecule has 1 aromatic carbocycles. The van der Waals surface area contributed by atoms with Crippen LogP contribution in [-0.2, 0) is 4.74 Å². The second kappa shape index (κ2) is 6.57. The van der Waals surface area contributed by atoms with E-state index in [-0.39, 0.29) is 12.6 Å². The van der Waals surface area contributed by atoms with Gasteiger partial charge in [0.2, 0.25) is 0 Å². The fourth-order valence-corrected chi connectivity index (χ4v) is 3.55. The first-order chi connectivity index (χ1) is 12.0. The van der Waals surface area contributed by atoms with Crippen LogP contribution in [0.5, 0.6) is 0 Å². The van der Waals surface area contributed by atoms with E-state index in [1.165, 1.54) is 5.56 Å². The average molecular weight is 407 g/mol. The van der Waals surface area contributed by atoms with Gasteiger partial charge in [0.15, 0.2) is 0 Å². The predicted molar refractivity (Wildman–Crippen MR) is 95.3 cm³/mol. The van der Waals surface area contributed by atoms with Gasteiger partial charge in [-0.2, -0.15) is 5.10 Å². The highest BCUT2D eigenvalue weighted by atomic mass is 79.9. The minimum absolute atomic E-state index is 0.106. The maximum Gasteiger partial charge on any atom is 0.144 e. The van der Waals surface area contributed by atoms with Gasteiger partial charge in [0, 0.05) is 16.5 Å². The molecule has 4 atom stereocenters. The van der Waals surface area contributed by atoms with Crippen LogP contribution in [0.2, 0.25) is 0 Å². The summed E-state index contributed by atoms with van der Waals surface area (Å²) in [5, 5.41) is 24.1. The molecule has 7 heteroatoms. The minimum atomic E-state index is -0.974. The molecule has 1 fully saturated rings. The van der Waals surface area contributed by atoms with Crippen LogP contribution in [0.1, 0.15) is 41.2 Å². The third kappa shape index (κ3) is 3.13. The van der Waals surface area contributed by atoms with Crippen molar-refractivity contribution in [3.63, 3.8) is 0 Å². The van der Waals surface area contributed by atoms with E-state index >= 15 is 0 Å². The summed E-state index contributed by atoms with van der Waals surface area (Å²) in [7, 11) is 0. The van der Waals surface area contributed by atoms with Crippen molar-refractivity contribution in [3.05, 3.63) is 57.5 Å². The quantitative estimate of drug-likeness (QED) is 0.728. The van der Waals surface area contributed by atoms with Gasteiger partial charge in [0.25, 0.3) is 0 Å². The summed E-state index contributed by atoms with van der Waals surface area (Å²) in [6.07, 6.45) is -1.75. The number of benzene rings is 1. The monoisotopic (exact) mass is 406 g/mol. The lowest BCUT2D eigenvalue weighted by Gasteiger charge is -2.11. The Morgan fingerprint density at radius 1 is 1.24 bits per heavy atom. The van der Waals surface area contributed by atoms with E-state index < -0.39 is 18.3 Å². The van der Waals surface area contributed by atoms with Gasteiger partial charge < -0.3 is 24.8 Å². The molecule has 2 unspecified atom stereocenters. The number of hydrazone groups is 1. The van der Waals surface area contributed by atoms with E-state index in [0.29, 0.717) is 5.76 Å². The summed E-state index contributed by atoms with van der Waals surface area (Å²) in [4.78, 5) is 0. The number of aliphatic hydroxyl groups is 2. The van der Waals surface area contributed by atoms with Crippen LogP contribution in [-0.4, -0.2) is 34.7 Å². The molecule has 0 spiro atoms. The van der Waals surface area contributed by atoms with Crippen LogP contribution >= 0.6 is 15.9 Å². The highest BCUT2D eigenvalue weighted by Crippen LogP contribution is 2.34. The van der Waals surface area contributed by atoms with E-state index in [9.17, 15) is 10.2 Å². The van der Waals surface area contributed by atoms with Gasteiger partial charge in [-0.05, 0) is 30.7 Å². The van der Waals surface area contributed by atoms with Gasteiger partial charge in [0.1, 0.15) is 29.8 Å². The van der Waals surface area contributed by atoms with Crippen LogP contribution in [0, 0.1) is 6.92 Å². The van der Waals surface area contributed by atoms with Gasteiger partial charge in [-0.15, -0.1) is 0 Å². The number of aryl methyl sites for hydroxylation is 1. The zero-order valence-electron chi connectivity index (χ0n) is 13.6. The zero-order chi connectivity index (χ0) is 17.6. The molecule has 0 aliphatic carbocycles. The number of rotatable bonds is 3. The van der Waals surface area contributed by atoms with Crippen LogP contribution in [0.3, 0.4) is 0 Å². The Balaban J connectivity index is 1.52. The van der Waals surface area contributed by atoms with Crippen molar-refractivity contribution in [1.29, 1.82) is 0 Å². The number of halogens is 1. The first-order valence-corrected chi connectivity index (χ1v) is 8.98. The average Bonchev–Trinajstić information content (AvgIpc) is 3.29. The molecule has 1 saturated heterocycles. The molecule has 25 heavy (non-hydrogen) atoms. The van der Waals surface area contributed by atoms with Crippen LogP contribution < -0.4 is 5.43 Å². The van der Waals surface area contributed by atoms with Gasteiger partial charge >= 0.3 is 0 Å². The third-order valence-electron chi connectivity index (χ3n) is 4.70. The zero-order valence-corrected chi connectivity index (χ0v) is 15.2. The molecule has 4 rings (SSSR count). The lowest BCUT2D eigenvalue weighted by Crippen LogP contribution is -2.24. The Morgan fingerprint density at radius 3 is 2.68 bits per heavy atom. The van der Waals surface area contributed by atoms with E-state index in [1.54, 1.807) is 0 Å². The Kier molecular flexibility index (Phi) is 4.41. The Labute approximate surface area is 153 Å².